The van der Waals surface area contributed by atoms with Crippen LogP contribution in [0.2, 0.25) is 0 Å². The number of hydrogen-bond acceptors (Lipinski definition) is 3. The highest BCUT2D eigenvalue weighted by molar-refractivity contribution is 6.05. The van der Waals surface area contributed by atoms with Gasteiger partial charge in [0, 0.05) is 32.4 Å². The zero-order valence-electron chi connectivity index (χ0n) is 12.7. The fourth-order valence-electron chi connectivity index (χ4n) is 2.09. The van der Waals surface area contributed by atoms with Crippen LogP contribution in [0.5, 0.6) is 0 Å². The number of amides is 2. The van der Waals surface area contributed by atoms with E-state index in [1.807, 2.05) is 27.7 Å². The van der Waals surface area contributed by atoms with Crippen molar-refractivity contribution in [2.45, 2.75) is 27.7 Å². The number of aromatic nitrogens is 1. The van der Waals surface area contributed by atoms with Crippen LogP contribution < -0.4 is 0 Å². The van der Waals surface area contributed by atoms with Crippen molar-refractivity contribution in [3.05, 3.63) is 29.6 Å². The average molecular weight is 277 g/mol. The molecular weight excluding hydrogens is 254 g/mol. The number of carbonyl (C=O) groups is 2. The molecule has 5 heteroatoms. The van der Waals surface area contributed by atoms with Crippen molar-refractivity contribution < 1.29 is 9.59 Å². The summed E-state index contributed by atoms with van der Waals surface area (Å²) in [5.74, 6) is -0.329. The first-order valence-electron chi connectivity index (χ1n) is 7.14. The number of nitrogens with zero attached hydrogens (tertiary/aromatic N) is 3. The van der Waals surface area contributed by atoms with Gasteiger partial charge in [-0.05, 0) is 39.8 Å². The van der Waals surface area contributed by atoms with E-state index in [4.69, 9.17) is 0 Å². The first-order valence-corrected chi connectivity index (χ1v) is 7.14. The standard InChI is InChI=1S/C15H23N3O2/c1-5-17(6-2)14(19)12-10-9-11-16-13(12)15(20)18(7-3)8-4/h9-11H,5-8H2,1-4H3. The van der Waals surface area contributed by atoms with Gasteiger partial charge in [-0.2, -0.15) is 0 Å². The van der Waals surface area contributed by atoms with E-state index in [-0.39, 0.29) is 17.5 Å². The number of pyridine rings is 1. The second kappa shape index (κ2) is 7.62. The van der Waals surface area contributed by atoms with Crippen LogP contribution >= 0.6 is 0 Å². The highest BCUT2D eigenvalue weighted by Crippen LogP contribution is 2.12. The van der Waals surface area contributed by atoms with Gasteiger partial charge in [0.2, 0.25) is 0 Å². The Kier molecular flexibility index (Phi) is 6.15. The first-order chi connectivity index (χ1) is 9.60. The molecule has 1 aromatic heterocycles. The predicted octanol–water partition coefficient (Wildman–Crippen LogP) is 2.05. The van der Waals surface area contributed by atoms with Crippen LogP contribution in [0.1, 0.15) is 48.5 Å². The number of hydrogen-bond donors (Lipinski definition) is 0. The van der Waals surface area contributed by atoms with Gasteiger partial charge >= 0.3 is 0 Å². The molecule has 0 aliphatic heterocycles. The zero-order valence-corrected chi connectivity index (χ0v) is 12.7. The molecule has 5 nitrogen and oxygen atoms in total. The Balaban J connectivity index is 3.17. The van der Waals surface area contributed by atoms with E-state index in [2.05, 4.69) is 4.98 Å². The molecule has 0 aromatic carbocycles. The number of rotatable bonds is 6. The third kappa shape index (κ3) is 3.35. The van der Waals surface area contributed by atoms with Crippen LogP contribution in [-0.2, 0) is 0 Å². The largest absolute Gasteiger partial charge is 0.339 e. The molecule has 0 aliphatic rings. The Bertz CT molecular complexity index is 423. The highest BCUT2D eigenvalue weighted by Gasteiger charge is 2.23. The van der Waals surface area contributed by atoms with Crippen molar-refractivity contribution in [3.63, 3.8) is 0 Å². The van der Waals surface area contributed by atoms with E-state index in [1.54, 1.807) is 28.1 Å². The minimum absolute atomic E-state index is 0.140. The fourth-order valence-corrected chi connectivity index (χ4v) is 2.09. The van der Waals surface area contributed by atoms with E-state index in [9.17, 15) is 9.59 Å². The van der Waals surface area contributed by atoms with Gasteiger partial charge in [-0.3, -0.25) is 14.6 Å². The van der Waals surface area contributed by atoms with Gasteiger partial charge < -0.3 is 9.80 Å². The minimum atomic E-state index is -0.189. The van der Waals surface area contributed by atoms with Crippen molar-refractivity contribution in [1.82, 2.24) is 14.8 Å². The molecule has 0 bridgehead atoms. The summed E-state index contributed by atoms with van der Waals surface area (Å²) < 4.78 is 0. The van der Waals surface area contributed by atoms with Crippen LogP contribution in [0.3, 0.4) is 0 Å². The van der Waals surface area contributed by atoms with Crippen molar-refractivity contribution in [2.24, 2.45) is 0 Å². The summed E-state index contributed by atoms with van der Waals surface area (Å²) in [7, 11) is 0. The summed E-state index contributed by atoms with van der Waals surface area (Å²) in [5.41, 5.74) is 0.626. The molecule has 0 saturated heterocycles. The van der Waals surface area contributed by atoms with E-state index in [0.717, 1.165) is 0 Å². The Morgan fingerprint density at radius 2 is 1.45 bits per heavy atom. The Hall–Kier alpha value is -1.91. The zero-order chi connectivity index (χ0) is 15.1. The van der Waals surface area contributed by atoms with Gasteiger partial charge in [-0.25, -0.2) is 0 Å². The molecular formula is C15H23N3O2. The van der Waals surface area contributed by atoms with Crippen LogP contribution in [0.25, 0.3) is 0 Å². The molecule has 0 aliphatic carbocycles. The van der Waals surface area contributed by atoms with E-state index >= 15 is 0 Å². The summed E-state index contributed by atoms with van der Waals surface area (Å²) in [6.07, 6.45) is 1.55. The van der Waals surface area contributed by atoms with Crippen LogP contribution in [0.15, 0.2) is 18.3 Å². The first kappa shape index (κ1) is 16.1. The van der Waals surface area contributed by atoms with Crippen molar-refractivity contribution in [2.75, 3.05) is 26.2 Å². The highest BCUT2D eigenvalue weighted by atomic mass is 16.2. The van der Waals surface area contributed by atoms with E-state index in [1.165, 1.54) is 0 Å². The molecule has 0 fully saturated rings. The SMILES string of the molecule is CCN(CC)C(=O)c1cccnc1C(=O)N(CC)CC. The smallest absolute Gasteiger partial charge is 0.273 e. The lowest BCUT2D eigenvalue weighted by atomic mass is 10.1. The van der Waals surface area contributed by atoms with Gasteiger partial charge in [0.15, 0.2) is 0 Å². The van der Waals surface area contributed by atoms with Gasteiger partial charge in [0.1, 0.15) is 5.69 Å². The van der Waals surface area contributed by atoms with Gasteiger partial charge in [0.05, 0.1) is 5.56 Å². The Labute approximate surface area is 120 Å². The predicted molar refractivity (Wildman–Crippen MR) is 78.7 cm³/mol. The van der Waals surface area contributed by atoms with Crippen LogP contribution in [0, 0.1) is 0 Å². The van der Waals surface area contributed by atoms with Gasteiger partial charge in [-0.1, -0.05) is 0 Å². The lowest BCUT2D eigenvalue weighted by molar-refractivity contribution is 0.0729. The topological polar surface area (TPSA) is 53.5 Å². The van der Waals surface area contributed by atoms with Crippen molar-refractivity contribution in [3.8, 4) is 0 Å². The molecule has 1 rings (SSSR count). The van der Waals surface area contributed by atoms with Gasteiger partial charge in [-0.15, -0.1) is 0 Å². The molecule has 1 aromatic rings. The molecule has 20 heavy (non-hydrogen) atoms. The third-order valence-corrected chi connectivity index (χ3v) is 3.34. The molecule has 0 saturated carbocycles. The molecule has 0 N–H and O–H groups in total. The fraction of sp³-hybridized carbons (Fsp3) is 0.533. The molecule has 0 spiro atoms. The molecule has 2 amide bonds. The normalized spacial score (nSPS) is 10.2. The summed E-state index contributed by atoms with van der Waals surface area (Å²) >= 11 is 0. The Morgan fingerprint density at radius 1 is 0.950 bits per heavy atom. The Morgan fingerprint density at radius 3 is 1.95 bits per heavy atom. The molecule has 1 heterocycles. The van der Waals surface area contributed by atoms with Crippen molar-refractivity contribution >= 4 is 11.8 Å². The molecule has 0 radical (unpaired) electrons. The molecule has 110 valence electrons. The lowest BCUT2D eigenvalue weighted by Gasteiger charge is -2.22. The maximum Gasteiger partial charge on any atom is 0.273 e. The van der Waals surface area contributed by atoms with E-state index in [0.29, 0.717) is 31.7 Å². The quantitative estimate of drug-likeness (QED) is 0.799. The van der Waals surface area contributed by atoms with Crippen LogP contribution in [0.4, 0.5) is 0 Å². The maximum atomic E-state index is 12.4. The van der Waals surface area contributed by atoms with Gasteiger partial charge in [0.25, 0.3) is 11.8 Å². The summed E-state index contributed by atoms with van der Waals surface area (Å²) in [4.78, 5) is 32.4. The van der Waals surface area contributed by atoms with Crippen LogP contribution in [-0.4, -0.2) is 52.8 Å². The molecule has 0 unspecified atom stereocenters. The minimum Gasteiger partial charge on any atom is -0.339 e. The summed E-state index contributed by atoms with van der Waals surface area (Å²) in [6.45, 7) is 10.1. The molecule has 0 atom stereocenters. The summed E-state index contributed by atoms with van der Waals surface area (Å²) in [5, 5.41) is 0. The average Bonchev–Trinajstić information content (AvgIpc) is 2.49. The second-order valence-corrected chi connectivity index (χ2v) is 4.35. The summed E-state index contributed by atoms with van der Waals surface area (Å²) in [6, 6.07) is 3.36. The third-order valence-electron chi connectivity index (χ3n) is 3.34. The maximum absolute atomic E-state index is 12.4. The monoisotopic (exact) mass is 277 g/mol. The second-order valence-electron chi connectivity index (χ2n) is 4.35. The van der Waals surface area contributed by atoms with E-state index < -0.39 is 0 Å². The number of carbonyl (C=O) groups excluding carboxylic acids is 2. The van der Waals surface area contributed by atoms with Crippen molar-refractivity contribution in [1.29, 1.82) is 0 Å². The lowest BCUT2D eigenvalue weighted by Crippen LogP contribution is -2.36.